The number of para-hydroxylation sites is 1. The number of benzene rings is 2. The van der Waals surface area contributed by atoms with Gasteiger partial charge in [-0.2, -0.15) is 0 Å². The molecule has 0 spiro atoms. The summed E-state index contributed by atoms with van der Waals surface area (Å²) in [6, 6.07) is 15.4. The predicted octanol–water partition coefficient (Wildman–Crippen LogP) is 4.52. The van der Waals surface area contributed by atoms with Gasteiger partial charge in [-0.25, -0.2) is 0 Å². The molecule has 1 heterocycles. The fourth-order valence-corrected chi connectivity index (χ4v) is 2.36. The molecule has 0 fully saturated rings. The molecule has 0 aliphatic carbocycles. The average Bonchev–Trinajstić information content (AvgIpc) is 2.43. The number of fused-ring (bicyclic) bond motifs is 1. The van der Waals surface area contributed by atoms with Gasteiger partial charge in [-0.1, -0.05) is 29.8 Å². The van der Waals surface area contributed by atoms with Crippen LogP contribution in [0.15, 0.2) is 48.5 Å². The highest BCUT2D eigenvalue weighted by atomic mass is 35.5. The molecular weight excluding hydrogens is 270 g/mol. The maximum absolute atomic E-state index is 6.20. The number of anilines is 3. The van der Waals surface area contributed by atoms with Crippen molar-refractivity contribution in [3.8, 4) is 0 Å². The summed E-state index contributed by atoms with van der Waals surface area (Å²) in [5, 5.41) is 5.03. The van der Waals surface area contributed by atoms with Gasteiger partial charge in [0.15, 0.2) is 0 Å². The standard InChI is InChI=1S/C16H14ClN3/c1-10-8-15(12-4-2-3-5-14(12)19-10)20-16-9-11(18)6-7-13(16)17/h2-9H,18H2,1H3,(H,19,20). The number of rotatable bonds is 2. The van der Waals surface area contributed by atoms with Crippen LogP contribution in [0.4, 0.5) is 17.1 Å². The Morgan fingerprint density at radius 1 is 1.05 bits per heavy atom. The van der Waals surface area contributed by atoms with Crippen molar-refractivity contribution in [1.29, 1.82) is 0 Å². The number of nitrogen functional groups attached to an aromatic ring is 1. The lowest BCUT2D eigenvalue weighted by atomic mass is 10.1. The number of aryl methyl sites for hydroxylation is 1. The van der Waals surface area contributed by atoms with E-state index in [0.29, 0.717) is 10.7 Å². The van der Waals surface area contributed by atoms with Gasteiger partial charge in [-0.3, -0.25) is 4.98 Å². The third kappa shape index (κ3) is 2.40. The first-order valence-electron chi connectivity index (χ1n) is 6.32. The number of halogens is 1. The van der Waals surface area contributed by atoms with Crippen molar-refractivity contribution in [3.05, 3.63) is 59.2 Å². The first kappa shape index (κ1) is 12.8. The minimum Gasteiger partial charge on any atom is -0.399 e. The Morgan fingerprint density at radius 2 is 1.85 bits per heavy atom. The summed E-state index contributed by atoms with van der Waals surface area (Å²) in [5.74, 6) is 0. The van der Waals surface area contributed by atoms with Crippen molar-refractivity contribution < 1.29 is 0 Å². The highest BCUT2D eigenvalue weighted by Crippen LogP contribution is 2.31. The predicted molar refractivity (Wildman–Crippen MR) is 85.6 cm³/mol. The zero-order valence-electron chi connectivity index (χ0n) is 11.0. The Balaban J connectivity index is 2.13. The van der Waals surface area contributed by atoms with Crippen molar-refractivity contribution in [1.82, 2.24) is 4.98 Å². The lowest BCUT2D eigenvalue weighted by Gasteiger charge is -2.12. The molecule has 3 N–H and O–H groups in total. The molecule has 4 heteroatoms. The van der Waals surface area contributed by atoms with Gasteiger partial charge in [0, 0.05) is 22.5 Å². The van der Waals surface area contributed by atoms with Gasteiger partial charge in [0.2, 0.25) is 0 Å². The third-order valence-corrected chi connectivity index (χ3v) is 3.43. The SMILES string of the molecule is Cc1cc(Nc2cc(N)ccc2Cl)c2ccccc2n1. The minimum absolute atomic E-state index is 0.637. The van der Waals surface area contributed by atoms with Crippen LogP contribution >= 0.6 is 11.6 Å². The molecule has 0 atom stereocenters. The van der Waals surface area contributed by atoms with E-state index in [9.17, 15) is 0 Å². The molecule has 0 unspecified atom stereocenters. The molecule has 0 bridgehead atoms. The van der Waals surface area contributed by atoms with Gasteiger partial charge in [-0.15, -0.1) is 0 Å². The Hall–Kier alpha value is -2.26. The Labute approximate surface area is 122 Å². The number of nitrogens with two attached hydrogens (primary N) is 1. The smallest absolute Gasteiger partial charge is 0.0726 e. The number of hydrogen-bond donors (Lipinski definition) is 2. The number of nitrogens with one attached hydrogen (secondary N) is 1. The fourth-order valence-electron chi connectivity index (χ4n) is 2.19. The summed E-state index contributed by atoms with van der Waals surface area (Å²) in [6.07, 6.45) is 0. The van der Waals surface area contributed by atoms with Crippen molar-refractivity contribution >= 4 is 39.6 Å². The fraction of sp³-hybridized carbons (Fsp3) is 0.0625. The van der Waals surface area contributed by atoms with E-state index in [0.717, 1.165) is 28.0 Å². The maximum atomic E-state index is 6.20. The van der Waals surface area contributed by atoms with Gasteiger partial charge in [-0.05, 0) is 37.3 Å². The normalized spacial score (nSPS) is 10.7. The molecule has 0 amide bonds. The van der Waals surface area contributed by atoms with Crippen molar-refractivity contribution in [2.75, 3.05) is 11.1 Å². The summed E-state index contributed by atoms with van der Waals surface area (Å²) in [7, 11) is 0. The third-order valence-electron chi connectivity index (χ3n) is 3.10. The second-order valence-corrected chi connectivity index (χ2v) is 5.10. The largest absolute Gasteiger partial charge is 0.399 e. The molecule has 3 rings (SSSR count). The van der Waals surface area contributed by atoms with Gasteiger partial charge < -0.3 is 11.1 Å². The Kier molecular flexibility index (Phi) is 3.20. The van der Waals surface area contributed by atoms with Crippen LogP contribution < -0.4 is 11.1 Å². The zero-order chi connectivity index (χ0) is 14.1. The number of hydrogen-bond acceptors (Lipinski definition) is 3. The van der Waals surface area contributed by atoms with Crippen molar-refractivity contribution in [2.45, 2.75) is 6.92 Å². The van der Waals surface area contributed by atoms with E-state index in [1.807, 2.05) is 43.3 Å². The molecule has 100 valence electrons. The molecule has 1 aromatic heterocycles. The molecular formula is C16H14ClN3. The second kappa shape index (κ2) is 5.02. The molecule has 0 aliphatic heterocycles. The molecule has 0 aliphatic rings. The molecule has 0 saturated carbocycles. The summed E-state index contributed by atoms with van der Waals surface area (Å²) in [5.41, 5.74) is 10.2. The lowest BCUT2D eigenvalue weighted by Crippen LogP contribution is -1.96. The highest BCUT2D eigenvalue weighted by molar-refractivity contribution is 6.33. The number of pyridine rings is 1. The second-order valence-electron chi connectivity index (χ2n) is 4.69. The molecule has 3 aromatic rings. The first-order valence-corrected chi connectivity index (χ1v) is 6.70. The van der Waals surface area contributed by atoms with E-state index < -0.39 is 0 Å². The van der Waals surface area contributed by atoms with E-state index >= 15 is 0 Å². The summed E-state index contributed by atoms with van der Waals surface area (Å²) in [6.45, 7) is 1.97. The van der Waals surface area contributed by atoms with Crippen LogP contribution in [0.1, 0.15) is 5.69 Å². The summed E-state index contributed by atoms with van der Waals surface area (Å²) in [4.78, 5) is 4.52. The molecule has 3 nitrogen and oxygen atoms in total. The van der Waals surface area contributed by atoms with E-state index in [4.69, 9.17) is 17.3 Å². The van der Waals surface area contributed by atoms with E-state index in [1.165, 1.54) is 0 Å². The van der Waals surface area contributed by atoms with Gasteiger partial charge in [0.05, 0.1) is 16.2 Å². The van der Waals surface area contributed by atoms with Crippen LogP contribution in [-0.4, -0.2) is 4.98 Å². The van der Waals surface area contributed by atoms with Gasteiger partial charge in [0.25, 0.3) is 0 Å². The van der Waals surface area contributed by atoms with Crippen LogP contribution in [0, 0.1) is 6.92 Å². The number of aromatic nitrogens is 1. The van der Waals surface area contributed by atoms with E-state index in [-0.39, 0.29) is 0 Å². The highest BCUT2D eigenvalue weighted by Gasteiger charge is 2.06. The minimum atomic E-state index is 0.637. The van der Waals surface area contributed by atoms with Crippen LogP contribution in [0.25, 0.3) is 10.9 Å². The quantitative estimate of drug-likeness (QED) is 0.680. The molecule has 20 heavy (non-hydrogen) atoms. The van der Waals surface area contributed by atoms with Gasteiger partial charge >= 0.3 is 0 Å². The summed E-state index contributed by atoms with van der Waals surface area (Å²) < 4.78 is 0. The van der Waals surface area contributed by atoms with Crippen LogP contribution in [0.2, 0.25) is 5.02 Å². The molecule has 0 saturated heterocycles. The van der Waals surface area contributed by atoms with Crippen LogP contribution in [0.3, 0.4) is 0 Å². The monoisotopic (exact) mass is 283 g/mol. The molecule has 0 radical (unpaired) electrons. The average molecular weight is 284 g/mol. The van der Waals surface area contributed by atoms with E-state index in [2.05, 4.69) is 10.3 Å². The van der Waals surface area contributed by atoms with Crippen molar-refractivity contribution in [2.24, 2.45) is 0 Å². The van der Waals surface area contributed by atoms with Crippen molar-refractivity contribution in [3.63, 3.8) is 0 Å². The number of nitrogens with zero attached hydrogens (tertiary/aromatic N) is 1. The van der Waals surface area contributed by atoms with Gasteiger partial charge in [0.1, 0.15) is 0 Å². The Morgan fingerprint density at radius 3 is 2.70 bits per heavy atom. The van der Waals surface area contributed by atoms with Crippen LogP contribution in [0.5, 0.6) is 0 Å². The topological polar surface area (TPSA) is 50.9 Å². The van der Waals surface area contributed by atoms with E-state index in [1.54, 1.807) is 12.1 Å². The zero-order valence-corrected chi connectivity index (χ0v) is 11.8. The first-order chi connectivity index (χ1) is 9.63. The van der Waals surface area contributed by atoms with Crippen LogP contribution in [-0.2, 0) is 0 Å². The molecule has 2 aromatic carbocycles. The Bertz CT molecular complexity index is 784. The lowest BCUT2D eigenvalue weighted by molar-refractivity contribution is 1.25. The summed E-state index contributed by atoms with van der Waals surface area (Å²) >= 11 is 6.20. The maximum Gasteiger partial charge on any atom is 0.0726 e.